The van der Waals surface area contributed by atoms with Gasteiger partial charge in [0, 0.05) is 22.4 Å². The molecule has 0 spiro atoms. The van der Waals surface area contributed by atoms with E-state index >= 15 is 0 Å². The highest BCUT2D eigenvalue weighted by atomic mass is 32.1. The number of aromatic nitrogens is 2. The van der Waals surface area contributed by atoms with E-state index in [0.29, 0.717) is 22.6 Å². The number of hydrogen-bond acceptors (Lipinski definition) is 7. The number of rotatable bonds is 4. The van der Waals surface area contributed by atoms with Crippen molar-refractivity contribution in [3.63, 3.8) is 0 Å². The Bertz CT molecular complexity index is 1090. The average molecular weight is 428 g/mol. The van der Waals surface area contributed by atoms with Gasteiger partial charge in [0.2, 0.25) is 0 Å². The first-order valence-electron chi connectivity index (χ1n) is 9.31. The molecule has 0 saturated carbocycles. The minimum absolute atomic E-state index is 0.0975. The topological polar surface area (TPSA) is 92.2 Å². The number of fused-ring (bicyclic) bond motifs is 1. The molecule has 2 N–H and O–H groups in total. The molecule has 8 heteroatoms. The Morgan fingerprint density at radius 3 is 2.76 bits per heavy atom. The summed E-state index contributed by atoms with van der Waals surface area (Å²) in [5, 5.41) is 9.69. The van der Waals surface area contributed by atoms with Crippen molar-refractivity contribution < 1.29 is 14.8 Å². The van der Waals surface area contributed by atoms with Gasteiger partial charge in [-0.25, -0.2) is 10.5 Å². The van der Waals surface area contributed by atoms with Crippen LogP contribution in [-0.4, -0.2) is 26.9 Å². The zero-order chi connectivity index (χ0) is 20.8. The fourth-order valence-electron chi connectivity index (χ4n) is 3.96. The Morgan fingerprint density at radius 1 is 1.28 bits per heavy atom. The predicted octanol–water partition coefficient (Wildman–Crippen LogP) is 4.42. The maximum absolute atomic E-state index is 13.4. The summed E-state index contributed by atoms with van der Waals surface area (Å²) in [5.74, 6) is -0.588. The third-order valence-corrected chi connectivity index (χ3v) is 7.98. The quantitative estimate of drug-likeness (QED) is 0.365. The molecule has 1 amide bonds. The lowest BCUT2D eigenvalue weighted by Gasteiger charge is -2.34. The number of hydroxylamine groups is 1. The largest absolute Gasteiger partial charge is 0.293 e. The Balaban J connectivity index is 1.64. The van der Waals surface area contributed by atoms with Crippen LogP contribution in [0, 0.1) is 12.8 Å². The van der Waals surface area contributed by atoms with Gasteiger partial charge < -0.3 is 0 Å². The van der Waals surface area contributed by atoms with E-state index in [0.717, 1.165) is 26.8 Å². The zero-order valence-electron chi connectivity index (χ0n) is 16.4. The summed E-state index contributed by atoms with van der Waals surface area (Å²) in [6, 6.07) is 7.44. The molecule has 0 saturated heterocycles. The van der Waals surface area contributed by atoms with Crippen molar-refractivity contribution in [2.45, 2.75) is 39.0 Å². The van der Waals surface area contributed by atoms with Crippen molar-refractivity contribution in [2.24, 2.45) is 5.92 Å². The van der Waals surface area contributed by atoms with Crippen molar-refractivity contribution in [1.82, 2.24) is 15.4 Å². The molecule has 3 heterocycles. The first-order valence-corrected chi connectivity index (χ1v) is 10.9. The molecule has 0 aromatic carbocycles. The molecular formula is C21H21N3O3S2. The Kier molecular flexibility index (Phi) is 5.10. The van der Waals surface area contributed by atoms with E-state index in [2.05, 4.69) is 23.8 Å². The molecule has 0 fully saturated rings. The molecule has 1 unspecified atom stereocenters. The van der Waals surface area contributed by atoms with Gasteiger partial charge in [-0.3, -0.25) is 19.8 Å². The van der Waals surface area contributed by atoms with Gasteiger partial charge in [0.25, 0.3) is 5.91 Å². The predicted molar refractivity (Wildman–Crippen MR) is 113 cm³/mol. The SMILES string of the molecule is Cc1nc(-c2ccccn2)sc1C(=O)C1Cc2cc(C(=O)NO)sc2C(C)(C)C1. The Hall–Kier alpha value is -2.42. The van der Waals surface area contributed by atoms with Crippen LogP contribution >= 0.6 is 22.7 Å². The molecule has 6 nitrogen and oxygen atoms in total. The Labute approximate surface area is 176 Å². The van der Waals surface area contributed by atoms with Crippen LogP contribution in [0.2, 0.25) is 0 Å². The molecule has 0 bridgehead atoms. The van der Waals surface area contributed by atoms with Crippen LogP contribution in [-0.2, 0) is 11.8 Å². The van der Waals surface area contributed by atoms with E-state index in [1.807, 2.05) is 25.1 Å². The van der Waals surface area contributed by atoms with Gasteiger partial charge in [-0.1, -0.05) is 19.9 Å². The van der Waals surface area contributed by atoms with Gasteiger partial charge in [-0.15, -0.1) is 22.7 Å². The number of Topliss-reactive ketones (excluding diaryl/α,β-unsaturated/α-hetero) is 1. The number of carbonyl (C=O) groups is 2. The molecule has 150 valence electrons. The fourth-order valence-corrected chi connectivity index (χ4v) is 6.22. The summed E-state index contributed by atoms with van der Waals surface area (Å²) in [7, 11) is 0. The smallest absolute Gasteiger partial charge is 0.284 e. The number of thiophene rings is 1. The van der Waals surface area contributed by atoms with E-state index in [4.69, 9.17) is 5.21 Å². The van der Waals surface area contributed by atoms with Crippen molar-refractivity contribution in [3.8, 4) is 10.7 Å². The van der Waals surface area contributed by atoms with Crippen molar-refractivity contribution >= 4 is 34.4 Å². The highest BCUT2D eigenvalue weighted by Crippen LogP contribution is 2.45. The van der Waals surface area contributed by atoms with Gasteiger partial charge in [0.15, 0.2) is 5.78 Å². The van der Waals surface area contributed by atoms with Gasteiger partial charge in [-0.05, 0) is 43.5 Å². The maximum Gasteiger partial charge on any atom is 0.284 e. The van der Waals surface area contributed by atoms with E-state index in [1.54, 1.807) is 17.7 Å². The van der Waals surface area contributed by atoms with Crippen LogP contribution in [0.4, 0.5) is 0 Å². The summed E-state index contributed by atoms with van der Waals surface area (Å²) >= 11 is 2.78. The van der Waals surface area contributed by atoms with E-state index in [9.17, 15) is 9.59 Å². The van der Waals surface area contributed by atoms with Crippen LogP contribution < -0.4 is 5.48 Å². The minimum Gasteiger partial charge on any atom is -0.293 e. The van der Waals surface area contributed by atoms with Gasteiger partial charge in [0.1, 0.15) is 5.01 Å². The third-order valence-electron chi connectivity index (χ3n) is 5.25. The number of ketones is 1. The summed E-state index contributed by atoms with van der Waals surface area (Å²) in [6.45, 7) is 6.06. The number of pyridine rings is 1. The normalized spacial score (nSPS) is 17.6. The highest BCUT2D eigenvalue weighted by Gasteiger charge is 2.39. The Morgan fingerprint density at radius 2 is 2.07 bits per heavy atom. The second-order valence-corrected chi connectivity index (χ2v) is 9.96. The molecule has 0 aliphatic heterocycles. The lowest BCUT2D eigenvalue weighted by atomic mass is 9.71. The monoisotopic (exact) mass is 427 g/mol. The maximum atomic E-state index is 13.4. The average Bonchev–Trinajstić information content (AvgIpc) is 3.31. The number of thiazole rings is 1. The van der Waals surface area contributed by atoms with Gasteiger partial charge in [-0.2, -0.15) is 0 Å². The van der Waals surface area contributed by atoms with Crippen molar-refractivity contribution in [1.29, 1.82) is 0 Å². The van der Waals surface area contributed by atoms with Crippen molar-refractivity contribution in [3.05, 3.63) is 56.4 Å². The van der Waals surface area contributed by atoms with Crippen LogP contribution in [0.1, 0.15) is 55.7 Å². The number of hydrogen-bond donors (Lipinski definition) is 2. The van der Waals surface area contributed by atoms with E-state index < -0.39 is 5.91 Å². The summed E-state index contributed by atoms with van der Waals surface area (Å²) in [4.78, 5) is 36.4. The number of nitrogens with one attached hydrogen (secondary N) is 1. The van der Waals surface area contributed by atoms with Crippen LogP contribution in [0.5, 0.6) is 0 Å². The minimum atomic E-state index is -0.513. The first-order chi connectivity index (χ1) is 13.8. The molecule has 1 atom stereocenters. The van der Waals surface area contributed by atoms with Crippen LogP contribution in [0.15, 0.2) is 30.5 Å². The molecule has 1 aliphatic carbocycles. The van der Waals surface area contributed by atoms with Crippen molar-refractivity contribution in [2.75, 3.05) is 0 Å². The second-order valence-electron chi connectivity index (χ2n) is 7.91. The first kappa shape index (κ1) is 19.9. The molecule has 29 heavy (non-hydrogen) atoms. The fraction of sp³-hybridized carbons (Fsp3) is 0.333. The lowest BCUT2D eigenvalue weighted by Crippen LogP contribution is -2.32. The number of amides is 1. The van der Waals surface area contributed by atoms with Crippen LogP contribution in [0.25, 0.3) is 10.7 Å². The third kappa shape index (κ3) is 3.63. The number of aryl methyl sites for hydroxylation is 1. The molecule has 1 aliphatic rings. The molecule has 3 aromatic heterocycles. The molecular weight excluding hydrogens is 406 g/mol. The van der Waals surface area contributed by atoms with E-state index in [1.165, 1.54) is 22.7 Å². The molecule has 4 rings (SSSR count). The summed E-state index contributed by atoms with van der Waals surface area (Å²) < 4.78 is 0. The van der Waals surface area contributed by atoms with E-state index in [-0.39, 0.29) is 17.1 Å². The number of carbonyl (C=O) groups excluding carboxylic acids is 2. The standard InChI is InChI=1S/C21H21N3O3S2/c1-11-17(29-20(23-11)14-6-4-5-7-22-14)16(25)13-8-12-9-15(19(26)24-27)28-18(12)21(2,3)10-13/h4-7,9,13,27H,8,10H2,1-3H3,(H,24,26). The summed E-state index contributed by atoms with van der Waals surface area (Å²) in [5.41, 5.74) is 3.98. The van der Waals surface area contributed by atoms with Gasteiger partial charge in [0.05, 0.1) is 21.1 Å². The number of nitrogens with zero attached hydrogens (tertiary/aromatic N) is 2. The second kappa shape index (κ2) is 7.44. The molecule has 3 aromatic rings. The zero-order valence-corrected chi connectivity index (χ0v) is 18.0. The van der Waals surface area contributed by atoms with Crippen LogP contribution in [0.3, 0.4) is 0 Å². The van der Waals surface area contributed by atoms with Gasteiger partial charge >= 0.3 is 0 Å². The highest BCUT2D eigenvalue weighted by molar-refractivity contribution is 7.17. The summed E-state index contributed by atoms with van der Waals surface area (Å²) in [6.07, 6.45) is 3.01. The molecule has 0 radical (unpaired) electrons. The lowest BCUT2D eigenvalue weighted by molar-refractivity contribution is 0.0711.